The van der Waals surface area contributed by atoms with E-state index in [1.54, 1.807) is 0 Å². The zero-order valence-electron chi connectivity index (χ0n) is 13.5. The lowest BCUT2D eigenvalue weighted by Crippen LogP contribution is -2.57. The molecule has 5 nitrogen and oxygen atoms in total. The molecule has 1 aliphatic carbocycles. The Labute approximate surface area is 132 Å². The van der Waals surface area contributed by atoms with Gasteiger partial charge in [0, 0.05) is 44.6 Å². The van der Waals surface area contributed by atoms with Gasteiger partial charge in [-0.05, 0) is 43.6 Å². The van der Waals surface area contributed by atoms with Gasteiger partial charge in [0.2, 0.25) is 5.95 Å². The Hall–Kier alpha value is -1.20. The van der Waals surface area contributed by atoms with Gasteiger partial charge in [0.1, 0.15) is 0 Å². The summed E-state index contributed by atoms with van der Waals surface area (Å²) in [5.41, 5.74) is 1.73. The van der Waals surface area contributed by atoms with Crippen LogP contribution in [0.25, 0.3) is 0 Å². The minimum Gasteiger partial charge on any atom is -0.379 e. The van der Waals surface area contributed by atoms with Gasteiger partial charge in [-0.15, -0.1) is 0 Å². The molecule has 0 atom stereocenters. The minimum absolute atomic E-state index is 0.601. The summed E-state index contributed by atoms with van der Waals surface area (Å²) in [6, 6.07) is 0.811. The van der Waals surface area contributed by atoms with E-state index in [0.29, 0.717) is 5.41 Å². The SMILES string of the molecule is Cc1cnc(N2CCC3(CC2)CC(N2CCOCC2)C3)nc1. The summed E-state index contributed by atoms with van der Waals surface area (Å²) in [6.45, 7) is 8.35. The topological polar surface area (TPSA) is 41.5 Å². The average Bonchev–Trinajstić information content (AvgIpc) is 2.54. The van der Waals surface area contributed by atoms with Gasteiger partial charge in [0.05, 0.1) is 13.2 Å². The zero-order valence-corrected chi connectivity index (χ0v) is 13.5. The molecule has 1 saturated carbocycles. The highest BCUT2D eigenvalue weighted by Crippen LogP contribution is 2.51. The number of hydrogen-bond donors (Lipinski definition) is 0. The molecule has 5 heteroatoms. The van der Waals surface area contributed by atoms with Gasteiger partial charge in [0.15, 0.2) is 0 Å². The van der Waals surface area contributed by atoms with E-state index in [1.807, 2.05) is 19.3 Å². The number of aromatic nitrogens is 2. The molecule has 2 aliphatic heterocycles. The molecule has 1 aromatic rings. The van der Waals surface area contributed by atoms with Crippen LogP contribution in [0.15, 0.2) is 12.4 Å². The third kappa shape index (κ3) is 2.72. The van der Waals surface area contributed by atoms with Crippen LogP contribution in [0.5, 0.6) is 0 Å². The summed E-state index contributed by atoms with van der Waals surface area (Å²) in [7, 11) is 0. The first-order valence-electron chi connectivity index (χ1n) is 8.60. The second kappa shape index (κ2) is 5.78. The van der Waals surface area contributed by atoms with Gasteiger partial charge in [-0.2, -0.15) is 0 Å². The number of rotatable bonds is 2. The van der Waals surface area contributed by atoms with Crippen LogP contribution in [0.1, 0.15) is 31.2 Å². The van der Waals surface area contributed by atoms with E-state index >= 15 is 0 Å². The first kappa shape index (κ1) is 14.4. The second-order valence-electron chi connectivity index (χ2n) is 7.26. The number of nitrogens with zero attached hydrogens (tertiary/aromatic N) is 4. The van der Waals surface area contributed by atoms with Gasteiger partial charge in [-0.3, -0.25) is 4.90 Å². The number of hydrogen-bond acceptors (Lipinski definition) is 5. The molecule has 1 spiro atoms. The van der Waals surface area contributed by atoms with Crippen molar-refractivity contribution in [3.63, 3.8) is 0 Å². The van der Waals surface area contributed by atoms with Gasteiger partial charge >= 0.3 is 0 Å². The van der Waals surface area contributed by atoms with Crippen molar-refractivity contribution >= 4 is 5.95 Å². The van der Waals surface area contributed by atoms with E-state index in [0.717, 1.165) is 56.9 Å². The second-order valence-corrected chi connectivity index (χ2v) is 7.26. The predicted molar refractivity (Wildman–Crippen MR) is 86.1 cm³/mol. The quantitative estimate of drug-likeness (QED) is 0.834. The Balaban J connectivity index is 1.30. The van der Waals surface area contributed by atoms with Crippen LogP contribution < -0.4 is 4.90 Å². The molecular formula is C17H26N4O. The molecule has 0 N–H and O–H groups in total. The van der Waals surface area contributed by atoms with Crippen molar-refractivity contribution < 1.29 is 4.74 Å². The molecule has 1 aromatic heterocycles. The molecule has 3 aliphatic rings. The molecule has 0 amide bonds. The standard InChI is InChI=1S/C17H26N4O/c1-14-12-18-16(19-13-14)21-4-2-17(3-5-21)10-15(11-17)20-6-8-22-9-7-20/h12-13,15H,2-11H2,1H3. The van der Waals surface area contributed by atoms with E-state index < -0.39 is 0 Å². The lowest BCUT2D eigenvalue weighted by atomic mass is 9.60. The highest BCUT2D eigenvalue weighted by molar-refractivity contribution is 5.31. The van der Waals surface area contributed by atoms with E-state index in [2.05, 4.69) is 19.8 Å². The van der Waals surface area contributed by atoms with Crippen molar-refractivity contribution in [3.8, 4) is 0 Å². The summed E-state index contributed by atoms with van der Waals surface area (Å²) in [6.07, 6.45) is 9.20. The molecule has 0 radical (unpaired) electrons. The van der Waals surface area contributed by atoms with Crippen molar-refractivity contribution in [1.29, 1.82) is 0 Å². The fourth-order valence-corrected chi connectivity index (χ4v) is 4.28. The third-order valence-corrected chi connectivity index (χ3v) is 5.77. The highest BCUT2D eigenvalue weighted by atomic mass is 16.5. The first-order chi connectivity index (χ1) is 10.7. The van der Waals surface area contributed by atoms with Crippen molar-refractivity contribution in [3.05, 3.63) is 18.0 Å². The molecule has 2 saturated heterocycles. The van der Waals surface area contributed by atoms with E-state index in [4.69, 9.17) is 4.74 Å². The van der Waals surface area contributed by atoms with Gasteiger partial charge in [-0.1, -0.05) is 0 Å². The summed E-state index contributed by atoms with van der Waals surface area (Å²) in [5.74, 6) is 0.907. The molecule has 0 bridgehead atoms. The largest absolute Gasteiger partial charge is 0.379 e. The van der Waals surface area contributed by atoms with Crippen LogP contribution in [-0.4, -0.2) is 60.3 Å². The Morgan fingerprint density at radius 2 is 1.68 bits per heavy atom. The normalized spacial score (nSPS) is 26.1. The Morgan fingerprint density at radius 1 is 1.05 bits per heavy atom. The first-order valence-corrected chi connectivity index (χ1v) is 8.60. The molecule has 0 aromatic carbocycles. The Morgan fingerprint density at radius 3 is 2.32 bits per heavy atom. The van der Waals surface area contributed by atoms with Crippen molar-refractivity contribution in [2.75, 3.05) is 44.3 Å². The molecule has 22 heavy (non-hydrogen) atoms. The van der Waals surface area contributed by atoms with Crippen molar-refractivity contribution in [2.24, 2.45) is 5.41 Å². The molecule has 3 heterocycles. The van der Waals surface area contributed by atoms with Crippen LogP contribution in [-0.2, 0) is 4.74 Å². The summed E-state index contributed by atoms with van der Waals surface area (Å²) < 4.78 is 5.46. The molecule has 3 fully saturated rings. The molecular weight excluding hydrogens is 276 g/mol. The van der Waals surface area contributed by atoms with E-state index in [1.165, 1.54) is 25.7 Å². The van der Waals surface area contributed by atoms with Crippen LogP contribution in [0.3, 0.4) is 0 Å². The van der Waals surface area contributed by atoms with Crippen molar-refractivity contribution in [2.45, 2.75) is 38.6 Å². The van der Waals surface area contributed by atoms with E-state index in [9.17, 15) is 0 Å². The maximum atomic E-state index is 5.46. The number of anilines is 1. The Kier molecular flexibility index (Phi) is 3.78. The lowest BCUT2D eigenvalue weighted by Gasteiger charge is -2.55. The van der Waals surface area contributed by atoms with Crippen LogP contribution in [0.2, 0.25) is 0 Å². The molecule has 120 valence electrons. The fourth-order valence-electron chi connectivity index (χ4n) is 4.28. The van der Waals surface area contributed by atoms with Gasteiger partial charge in [0.25, 0.3) is 0 Å². The maximum Gasteiger partial charge on any atom is 0.225 e. The molecule has 0 unspecified atom stereocenters. The molecule has 4 rings (SSSR count). The lowest BCUT2D eigenvalue weighted by molar-refractivity contribution is -0.0593. The average molecular weight is 302 g/mol. The summed E-state index contributed by atoms with van der Waals surface area (Å²) in [5, 5.41) is 0. The van der Waals surface area contributed by atoms with Gasteiger partial charge in [-0.25, -0.2) is 9.97 Å². The minimum atomic E-state index is 0.601. The number of ether oxygens (including phenoxy) is 1. The zero-order chi connectivity index (χ0) is 15.0. The van der Waals surface area contributed by atoms with Crippen LogP contribution >= 0.6 is 0 Å². The maximum absolute atomic E-state index is 5.46. The number of morpholine rings is 1. The smallest absolute Gasteiger partial charge is 0.225 e. The van der Waals surface area contributed by atoms with E-state index in [-0.39, 0.29) is 0 Å². The van der Waals surface area contributed by atoms with Crippen molar-refractivity contribution in [1.82, 2.24) is 14.9 Å². The van der Waals surface area contributed by atoms with Crippen LogP contribution in [0, 0.1) is 12.3 Å². The monoisotopic (exact) mass is 302 g/mol. The van der Waals surface area contributed by atoms with Gasteiger partial charge < -0.3 is 9.64 Å². The summed E-state index contributed by atoms with van der Waals surface area (Å²) in [4.78, 5) is 13.9. The number of piperidine rings is 1. The fraction of sp³-hybridized carbons (Fsp3) is 0.765. The summed E-state index contributed by atoms with van der Waals surface area (Å²) >= 11 is 0. The highest BCUT2D eigenvalue weighted by Gasteiger charge is 2.48. The Bertz CT molecular complexity index is 496. The predicted octanol–water partition coefficient (Wildman–Crippen LogP) is 1.87. The number of aryl methyl sites for hydroxylation is 1. The van der Waals surface area contributed by atoms with Crippen LogP contribution in [0.4, 0.5) is 5.95 Å². The third-order valence-electron chi connectivity index (χ3n) is 5.77.